The number of benzene rings is 1. The van der Waals surface area contributed by atoms with Crippen molar-refractivity contribution in [3.05, 3.63) is 36.2 Å². The number of hydrogen-bond acceptors (Lipinski definition) is 3. The number of amides is 2. The summed E-state index contributed by atoms with van der Waals surface area (Å²) in [7, 11) is 0. The number of aromatic nitrogens is 2. The zero-order valence-electron chi connectivity index (χ0n) is 15.9. The topological polar surface area (TPSA) is 96.3 Å². The van der Waals surface area contributed by atoms with Gasteiger partial charge >= 0.3 is 12.0 Å². The summed E-state index contributed by atoms with van der Waals surface area (Å²) in [6.07, 6.45) is 8.02. The maximum atomic E-state index is 12.4. The fourth-order valence-electron chi connectivity index (χ4n) is 4.24. The molecule has 0 radical (unpaired) electrons. The molecule has 2 heterocycles. The van der Waals surface area contributed by atoms with Crippen LogP contribution in [0.25, 0.3) is 11.4 Å². The molecule has 0 unspecified atom stereocenters. The van der Waals surface area contributed by atoms with Gasteiger partial charge in [-0.3, -0.25) is 4.79 Å². The van der Waals surface area contributed by atoms with E-state index in [9.17, 15) is 9.59 Å². The highest BCUT2D eigenvalue weighted by Crippen LogP contribution is 2.27. The summed E-state index contributed by atoms with van der Waals surface area (Å²) >= 11 is 0. The number of carbonyl (C=O) groups excluding carboxylic acids is 1. The Balaban J connectivity index is 1.38. The molecule has 0 spiro atoms. The van der Waals surface area contributed by atoms with E-state index in [0.717, 1.165) is 30.0 Å². The van der Waals surface area contributed by atoms with Crippen LogP contribution in [0.3, 0.4) is 0 Å². The van der Waals surface area contributed by atoms with E-state index < -0.39 is 5.97 Å². The van der Waals surface area contributed by atoms with Gasteiger partial charge in [0.2, 0.25) is 0 Å². The van der Waals surface area contributed by atoms with Crippen molar-refractivity contribution in [3.8, 4) is 11.4 Å². The maximum absolute atomic E-state index is 12.4. The van der Waals surface area contributed by atoms with Crippen LogP contribution in [0.2, 0.25) is 0 Å². The molecule has 1 aromatic heterocycles. The average molecular weight is 382 g/mol. The first kappa shape index (κ1) is 18.5. The Morgan fingerprint density at radius 3 is 2.75 bits per heavy atom. The summed E-state index contributed by atoms with van der Waals surface area (Å²) in [4.78, 5) is 28.0. The number of hydrogen-bond donors (Lipinski definition) is 3. The van der Waals surface area contributed by atoms with E-state index in [1.165, 1.54) is 18.5 Å². The van der Waals surface area contributed by atoms with E-state index in [2.05, 4.69) is 20.2 Å². The Bertz CT molecular complexity index is 868. The standard InChI is InChI=1S/C21H26N4O3/c26-20(27)14-7-9-16(10-8-14)23-21(28)24-17-5-3-4-15(12-17)19-22-13-18-6-1-2-11-25(18)19/h3-5,12-14,16H,1-2,6-11H2,(H,26,27)(H2,23,24,28). The number of nitrogens with one attached hydrogen (secondary N) is 2. The van der Waals surface area contributed by atoms with Gasteiger partial charge in [0.05, 0.1) is 5.92 Å². The highest BCUT2D eigenvalue weighted by molar-refractivity contribution is 5.90. The largest absolute Gasteiger partial charge is 0.481 e. The molecule has 4 rings (SSSR count). The number of fused-ring (bicyclic) bond motifs is 1. The van der Waals surface area contributed by atoms with Crippen molar-refractivity contribution in [2.75, 3.05) is 5.32 Å². The van der Waals surface area contributed by atoms with Crippen molar-refractivity contribution in [2.24, 2.45) is 5.92 Å². The quantitative estimate of drug-likeness (QED) is 0.752. The van der Waals surface area contributed by atoms with Crippen molar-refractivity contribution >= 4 is 17.7 Å². The number of aliphatic carboxylic acids is 1. The summed E-state index contributed by atoms with van der Waals surface area (Å²) in [5.74, 6) is -0.0649. The van der Waals surface area contributed by atoms with Gasteiger partial charge in [-0.25, -0.2) is 9.78 Å². The molecule has 1 aromatic carbocycles. The molecule has 1 saturated carbocycles. The molecule has 28 heavy (non-hydrogen) atoms. The number of carboxylic acid groups (broad SMARTS) is 1. The molecule has 1 fully saturated rings. The molecule has 0 saturated heterocycles. The third kappa shape index (κ3) is 4.03. The van der Waals surface area contributed by atoms with Crippen molar-refractivity contribution < 1.29 is 14.7 Å². The van der Waals surface area contributed by atoms with Crippen molar-refractivity contribution in [1.29, 1.82) is 0 Å². The molecule has 2 aromatic rings. The minimum atomic E-state index is -0.735. The SMILES string of the molecule is O=C(Nc1cccc(-c2ncc3n2CCCC3)c1)NC1CCC(C(=O)O)CC1. The molecule has 7 nitrogen and oxygen atoms in total. The third-order valence-electron chi connectivity index (χ3n) is 5.79. The number of imidazole rings is 1. The summed E-state index contributed by atoms with van der Waals surface area (Å²) in [6, 6.07) is 7.53. The van der Waals surface area contributed by atoms with Gasteiger partial charge in [0.1, 0.15) is 5.82 Å². The van der Waals surface area contributed by atoms with Gasteiger partial charge in [0.25, 0.3) is 0 Å². The lowest BCUT2D eigenvalue weighted by Gasteiger charge is -2.26. The van der Waals surface area contributed by atoms with E-state index in [-0.39, 0.29) is 18.0 Å². The number of anilines is 1. The molecule has 2 amide bonds. The first-order chi connectivity index (χ1) is 13.6. The molecule has 1 aliphatic carbocycles. The van der Waals surface area contributed by atoms with Gasteiger partial charge < -0.3 is 20.3 Å². The summed E-state index contributed by atoms with van der Waals surface area (Å²) < 4.78 is 2.27. The Morgan fingerprint density at radius 1 is 1.14 bits per heavy atom. The number of carboxylic acids is 1. The Kier molecular flexibility index (Phi) is 5.32. The Labute approximate surface area is 164 Å². The van der Waals surface area contributed by atoms with E-state index >= 15 is 0 Å². The second-order valence-electron chi connectivity index (χ2n) is 7.75. The molecular weight excluding hydrogens is 356 g/mol. The smallest absolute Gasteiger partial charge is 0.319 e. The lowest BCUT2D eigenvalue weighted by atomic mass is 9.86. The van der Waals surface area contributed by atoms with Crippen LogP contribution < -0.4 is 10.6 Å². The first-order valence-corrected chi connectivity index (χ1v) is 10.1. The highest BCUT2D eigenvalue weighted by atomic mass is 16.4. The van der Waals surface area contributed by atoms with Crippen LogP contribution in [-0.2, 0) is 17.8 Å². The van der Waals surface area contributed by atoms with Gasteiger partial charge in [-0.05, 0) is 57.1 Å². The number of nitrogens with zero attached hydrogens (tertiary/aromatic N) is 2. The van der Waals surface area contributed by atoms with E-state index in [1.807, 2.05) is 30.5 Å². The molecule has 0 atom stereocenters. The molecule has 148 valence electrons. The number of rotatable bonds is 4. The number of carbonyl (C=O) groups is 2. The van der Waals surface area contributed by atoms with Crippen LogP contribution in [0.4, 0.5) is 10.5 Å². The van der Waals surface area contributed by atoms with Crippen LogP contribution >= 0.6 is 0 Å². The predicted molar refractivity (Wildman–Crippen MR) is 106 cm³/mol. The summed E-state index contributed by atoms with van der Waals surface area (Å²) in [6.45, 7) is 0.988. The monoisotopic (exact) mass is 382 g/mol. The minimum absolute atomic E-state index is 0.0260. The second-order valence-corrected chi connectivity index (χ2v) is 7.75. The zero-order chi connectivity index (χ0) is 19.5. The van der Waals surface area contributed by atoms with E-state index in [1.54, 1.807) is 0 Å². The van der Waals surface area contributed by atoms with Gasteiger partial charge in [0, 0.05) is 35.7 Å². The molecular formula is C21H26N4O3. The van der Waals surface area contributed by atoms with Crippen LogP contribution in [0.5, 0.6) is 0 Å². The molecule has 1 aliphatic heterocycles. The lowest BCUT2D eigenvalue weighted by Crippen LogP contribution is -2.40. The van der Waals surface area contributed by atoms with Gasteiger partial charge in [-0.2, -0.15) is 0 Å². The van der Waals surface area contributed by atoms with Crippen molar-refractivity contribution in [3.63, 3.8) is 0 Å². The van der Waals surface area contributed by atoms with Gasteiger partial charge in [-0.1, -0.05) is 12.1 Å². The maximum Gasteiger partial charge on any atom is 0.319 e. The molecule has 7 heteroatoms. The van der Waals surface area contributed by atoms with E-state index in [0.29, 0.717) is 25.7 Å². The molecule has 3 N–H and O–H groups in total. The van der Waals surface area contributed by atoms with Crippen LogP contribution in [0, 0.1) is 5.92 Å². The lowest BCUT2D eigenvalue weighted by molar-refractivity contribution is -0.142. The van der Waals surface area contributed by atoms with Crippen molar-refractivity contribution in [2.45, 2.75) is 57.5 Å². The third-order valence-corrected chi connectivity index (χ3v) is 5.79. The summed E-state index contributed by atoms with van der Waals surface area (Å²) in [5.41, 5.74) is 2.99. The van der Waals surface area contributed by atoms with Crippen LogP contribution in [0.1, 0.15) is 44.2 Å². The Hall–Kier alpha value is -2.83. The van der Waals surface area contributed by atoms with Gasteiger partial charge in [-0.15, -0.1) is 0 Å². The minimum Gasteiger partial charge on any atom is -0.481 e. The fourth-order valence-corrected chi connectivity index (χ4v) is 4.24. The second kappa shape index (κ2) is 8.04. The number of urea groups is 1. The normalized spacial score (nSPS) is 21.6. The van der Waals surface area contributed by atoms with Crippen LogP contribution in [-0.4, -0.2) is 32.7 Å². The predicted octanol–water partition coefficient (Wildman–Crippen LogP) is 3.65. The van der Waals surface area contributed by atoms with Crippen molar-refractivity contribution in [1.82, 2.24) is 14.9 Å². The highest BCUT2D eigenvalue weighted by Gasteiger charge is 2.26. The first-order valence-electron chi connectivity index (χ1n) is 10.1. The van der Waals surface area contributed by atoms with Crippen LogP contribution in [0.15, 0.2) is 30.5 Å². The van der Waals surface area contributed by atoms with E-state index in [4.69, 9.17) is 5.11 Å². The average Bonchev–Trinajstić information content (AvgIpc) is 3.13. The molecule has 0 bridgehead atoms. The van der Waals surface area contributed by atoms with Gasteiger partial charge in [0.15, 0.2) is 0 Å². The zero-order valence-corrected chi connectivity index (χ0v) is 15.9. The number of aryl methyl sites for hydroxylation is 1. The molecule has 2 aliphatic rings. The Morgan fingerprint density at radius 2 is 1.96 bits per heavy atom. The fraction of sp³-hybridized carbons (Fsp3) is 0.476. The summed E-state index contributed by atoms with van der Waals surface area (Å²) in [5, 5.41) is 14.9.